The smallest absolute Gasteiger partial charge is 0.273 e. The fourth-order valence-corrected chi connectivity index (χ4v) is 0.135. The molecule has 0 aromatic heterocycles. The van der Waals surface area contributed by atoms with Gasteiger partial charge in [0.2, 0.25) is 0 Å². The van der Waals surface area contributed by atoms with Crippen molar-refractivity contribution in [3.8, 4) is 0 Å². The van der Waals surface area contributed by atoms with Crippen LogP contribution in [-0.4, -0.2) is 23.8 Å². The molecule has 1 atom stereocenters. The summed E-state index contributed by atoms with van der Waals surface area (Å²) in [6.45, 7) is -0.930. The zero-order valence-corrected chi connectivity index (χ0v) is 4.37. The van der Waals surface area contributed by atoms with Crippen LogP contribution in [0.5, 0.6) is 0 Å². The number of rotatable bonds is 2. The van der Waals surface area contributed by atoms with Crippen LogP contribution >= 0.6 is 0 Å². The molecule has 0 spiro atoms. The highest BCUT2D eigenvalue weighted by Gasteiger charge is 2.31. The van der Waals surface area contributed by atoms with E-state index in [1.807, 2.05) is 0 Å². The third-order valence-corrected chi connectivity index (χ3v) is 0.731. The van der Waals surface area contributed by atoms with Crippen molar-refractivity contribution in [1.82, 2.24) is 0 Å². The topological polar surface area (TPSA) is 20.2 Å². The number of hydrogen-bond donors (Lipinski definition) is 1. The molecule has 0 heterocycles. The van der Waals surface area contributed by atoms with Crippen molar-refractivity contribution in [3.63, 3.8) is 0 Å². The molecule has 0 radical (unpaired) electrons. The van der Waals surface area contributed by atoms with E-state index in [0.29, 0.717) is 6.92 Å². The Balaban J connectivity index is 3.62. The lowest BCUT2D eigenvalue weighted by Crippen LogP contribution is -2.31. The molecule has 0 fully saturated rings. The maximum atomic E-state index is 11.6. The summed E-state index contributed by atoms with van der Waals surface area (Å²) in [5.74, 6) is -3.31. The van der Waals surface area contributed by atoms with E-state index in [1.54, 1.807) is 0 Å². The molecule has 4 heteroatoms. The number of hydrogen-bond acceptors (Lipinski definition) is 1. The third-order valence-electron chi connectivity index (χ3n) is 0.731. The first-order chi connectivity index (χ1) is 3.48. The van der Waals surface area contributed by atoms with Gasteiger partial charge in [0.25, 0.3) is 5.92 Å². The summed E-state index contributed by atoms with van der Waals surface area (Å²) in [5, 5.41) is 8.07. The predicted octanol–water partition coefficient (Wildman–Crippen LogP) is 0.972. The molecule has 0 rings (SSSR count). The lowest BCUT2D eigenvalue weighted by molar-refractivity contribution is -0.100. The van der Waals surface area contributed by atoms with Gasteiger partial charge >= 0.3 is 0 Å². The van der Waals surface area contributed by atoms with Gasteiger partial charge in [0.15, 0.2) is 0 Å². The van der Waals surface area contributed by atoms with E-state index in [9.17, 15) is 13.2 Å². The minimum atomic E-state index is -3.31. The standard InChI is InChI=1S/C4H7F3O/c1-4(6,7)3(8)2-5/h3,8H,2H2,1H3. The second-order valence-electron chi connectivity index (χ2n) is 1.63. The predicted molar refractivity (Wildman–Crippen MR) is 22.6 cm³/mol. The molecular weight excluding hydrogens is 121 g/mol. The summed E-state index contributed by atoms with van der Waals surface area (Å²) in [6.07, 6.45) is -2.15. The van der Waals surface area contributed by atoms with Crippen molar-refractivity contribution in [2.45, 2.75) is 19.0 Å². The van der Waals surface area contributed by atoms with Crippen LogP contribution in [0, 0.1) is 0 Å². The number of aliphatic hydroxyl groups excluding tert-OH is 1. The molecule has 1 N–H and O–H groups in total. The Labute approximate surface area is 45.1 Å². The molecule has 50 valence electrons. The molecule has 0 aliphatic heterocycles. The van der Waals surface area contributed by atoms with Gasteiger partial charge in [-0.1, -0.05) is 0 Å². The average Bonchev–Trinajstić information content (AvgIpc) is 1.62. The molecule has 0 saturated carbocycles. The fraction of sp³-hybridized carbons (Fsp3) is 1.00. The van der Waals surface area contributed by atoms with Gasteiger partial charge in [-0.25, -0.2) is 13.2 Å². The second-order valence-corrected chi connectivity index (χ2v) is 1.63. The molecule has 0 bridgehead atoms. The van der Waals surface area contributed by atoms with Gasteiger partial charge in [-0.15, -0.1) is 0 Å². The van der Waals surface area contributed by atoms with Crippen molar-refractivity contribution >= 4 is 0 Å². The van der Waals surface area contributed by atoms with Crippen LogP contribution in [0.1, 0.15) is 6.92 Å². The van der Waals surface area contributed by atoms with Gasteiger partial charge in [0.1, 0.15) is 12.8 Å². The lowest BCUT2D eigenvalue weighted by Gasteiger charge is -2.13. The summed E-state index contributed by atoms with van der Waals surface area (Å²) in [5.41, 5.74) is 0. The quantitative estimate of drug-likeness (QED) is 0.587. The molecule has 8 heavy (non-hydrogen) atoms. The van der Waals surface area contributed by atoms with Crippen LogP contribution in [0.15, 0.2) is 0 Å². The van der Waals surface area contributed by atoms with Gasteiger partial charge in [-0.2, -0.15) is 0 Å². The highest BCUT2D eigenvalue weighted by Crippen LogP contribution is 2.16. The van der Waals surface area contributed by atoms with Crippen LogP contribution in [0.3, 0.4) is 0 Å². The molecule has 1 nitrogen and oxygen atoms in total. The normalized spacial score (nSPS) is 16.1. The van der Waals surface area contributed by atoms with E-state index in [0.717, 1.165) is 0 Å². The third kappa shape index (κ3) is 2.16. The van der Waals surface area contributed by atoms with Gasteiger partial charge in [-0.05, 0) is 0 Å². The first kappa shape index (κ1) is 7.75. The summed E-state index contributed by atoms with van der Waals surface area (Å²) < 4.78 is 34.4. The zero-order chi connectivity index (χ0) is 6.78. The maximum Gasteiger partial charge on any atom is 0.273 e. The first-order valence-electron chi connectivity index (χ1n) is 2.10. The zero-order valence-electron chi connectivity index (χ0n) is 4.37. The molecule has 0 saturated heterocycles. The van der Waals surface area contributed by atoms with Crippen molar-refractivity contribution < 1.29 is 18.3 Å². The van der Waals surface area contributed by atoms with E-state index in [4.69, 9.17) is 5.11 Å². The molecule has 0 aliphatic rings. The molecule has 0 aromatic rings. The van der Waals surface area contributed by atoms with Crippen LogP contribution < -0.4 is 0 Å². The number of halogens is 3. The average molecular weight is 128 g/mol. The van der Waals surface area contributed by atoms with Crippen molar-refractivity contribution in [2.24, 2.45) is 0 Å². The lowest BCUT2D eigenvalue weighted by atomic mass is 10.2. The summed E-state index contributed by atoms with van der Waals surface area (Å²) in [4.78, 5) is 0. The van der Waals surface area contributed by atoms with Crippen LogP contribution in [0.25, 0.3) is 0 Å². The number of aliphatic hydroxyl groups is 1. The van der Waals surface area contributed by atoms with Crippen molar-refractivity contribution in [1.29, 1.82) is 0 Å². The monoisotopic (exact) mass is 128 g/mol. The fourth-order valence-electron chi connectivity index (χ4n) is 0.135. The van der Waals surface area contributed by atoms with Crippen molar-refractivity contribution in [2.75, 3.05) is 6.67 Å². The molecule has 0 aromatic carbocycles. The Morgan fingerprint density at radius 2 is 2.00 bits per heavy atom. The van der Waals surface area contributed by atoms with Crippen molar-refractivity contribution in [3.05, 3.63) is 0 Å². The van der Waals surface area contributed by atoms with Gasteiger partial charge in [0, 0.05) is 6.92 Å². The summed E-state index contributed by atoms with van der Waals surface area (Å²) in [7, 11) is 0. The molecule has 0 aliphatic carbocycles. The second kappa shape index (κ2) is 2.35. The van der Waals surface area contributed by atoms with E-state index < -0.39 is 18.7 Å². The Kier molecular flexibility index (Phi) is 2.27. The Hall–Kier alpha value is -0.250. The van der Waals surface area contributed by atoms with Gasteiger partial charge in [-0.3, -0.25) is 0 Å². The van der Waals surface area contributed by atoms with Gasteiger partial charge in [0.05, 0.1) is 0 Å². The van der Waals surface area contributed by atoms with E-state index >= 15 is 0 Å². The molecule has 1 unspecified atom stereocenters. The SMILES string of the molecule is CC(F)(F)C(O)CF. The minimum absolute atomic E-state index is 0.469. The first-order valence-corrected chi connectivity index (χ1v) is 2.10. The van der Waals surface area contributed by atoms with Gasteiger partial charge < -0.3 is 5.11 Å². The highest BCUT2D eigenvalue weighted by molar-refractivity contribution is 4.68. The molecule has 0 amide bonds. The van der Waals surface area contributed by atoms with E-state index in [2.05, 4.69) is 0 Å². The van der Waals surface area contributed by atoms with E-state index in [1.165, 1.54) is 0 Å². The maximum absolute atomic E-state index is 11.6. The molecular formula is C4H7F3O. The number of alkyl halides is 3. The minimum Gasteiger partial charge on any atom is -0.384 e. The summed E-state index contributed by atoms with van der Waals surface area (Å²) >= 11 is 0. The Bertz CT molecular complexity index is 68.2. The summed E-state index contributed by atoms with van der Waals surface area (Å²) in [6, 6.07) is 0. The van der Waals surface area contributed by atoms with Crippen LogP contribution in [0.4, 0.5) is 13.2 Å². The Morgan fingerprint density at radius 3 is 2.00 bits per heavy atom. The van der Waals surface area contributed by atoms with Crippen LogP contribution in [0.2, 0.25) is 0 Å². The van der Waals surface area contributed by atoms with Crippen LogP contribution in [-0.2, 0) is 0 Å². The Morgan fingerprint density at radius 1 is 1.62 bits per heavy atom. The highest BCUT2D eigenvalue weighted by atomic mass is 19.3. The largest absolute Gasteiger partial charge is 0.384 e. The van der Waals surface area contributed by atoms with E-state index in [-0.39, 0.29) is 0 Å².